The summed E-state index contributed by atoms with van der Waals surface area (Å²) in [6.45, 7) is -2.71. The predicted molar refractivity (Wildman–Crippen MR) is 132 cm³/mol. The molecule has 3 heterocycles. The van der Waals surface area contributed by atoms with E-state index in [0.29, 0.717) is 0 Å². The summed E-state index contributed by atoms with van der Waals surface area (Å²) >= 11 is 0. The third-order valence-corrected chi connectivity index (χ3v) is 7.46. The van der Waals surface area contributed by atoms with Crippen LogP contribution in [0.5, 0.6) is 0 Å². The Morgan fingerprint density at radius 3 is 2.52 bits per heavy atom. The molecule has 22 heteroatoms. The van der Waals surface area contributed by atoms with Gasteiger partial charge in [-0.2, -0.15) is 4.98 Å². The van der Waals surface area contributed by atoms with E-state index in [1.54, 1.807) is 0 Å². The summed E-state index contributed by atoms with van der Waals surface area (Å²) in [6.07, 6.45) is -14.9. The number of carboxylic acids is 1. The van der Waals surface area contributed by atoms with Crippen LogP contribution in [0.1, 0.15) is 12.6 Å². The number of rotatable bonds is 12. The van der Waals surface area contributed by atoms with Gasteiger partial charge in [0.05, 0.1) is 31.9 Å². The Labute approximate surface area is 235 Å². The fourth-order valence-corrected chi connectivity index (χ4v) is 5.28. The fourth-order valence-electron chi connectivity index (χ4n) is 4.33. The number of aliphatic hydroxyl groups is 6. The van der Waals surface area contributed by atoms with Gasteiger partial charge >= 0.3 is 19.5 Å². The molecular weight excluding hydrogens is 597 g/mol. The average Bonchev–Trinajstić information content (AvgIpc) is 3.20. The summed E-state index contributed by atoms with van der Waals surface area (Å²) in [7, 11) is -5.54. The van der Waals surface area contributed by atoms with Crippen LogP contribution in [-0.4, -0.2) is 136 Å². The molecule has 2 fully saturated rings. The highest BCUT2D eigenvalue weighted by molar-refractivity contribution is 7.47. The van der Waals surface area contributed by atoms with Gasteiger partial charge in [-0.25, -0.2) is 18.7 Å². The molecule has 0 radical (unpaired) electrons. The zero-order chi connectivity index (χ0) is 31.6. The molecule has 0 aromatic carbocycles. The van der Waals surface area contributed by atoms with Gasteiger partial charge in [-0.3, -0.25) is 13.9 Å². The quantitative estimate of drug-likeness (QED) is 0.0957. The summed E-state index contributed by atoms with van der Waals surface area (Å²) in [5.74, 6) is -6.39. The first kappa shape index (κ1) is 33.9. The van der Waals surface area contributed by atoms with E-state index in [-0.39, 0.29) is 5.82 Å². The maximum absolute atomic E-state index is 12.8. The standard InChI is InChI=1S/C20H32N5O16P/c21-4-11(29)24-12-7(27)3-20(18(33)34,40-16(12)13(30)8(28)5-26)41-42(36,37)38-6-9-14(31)15(32)17(39-9)25-2-1-10(22)23-19(25)35/h1-2,7-9,12-17,26-28,30-32H,3-6,21H2,(H,24,29)(H,33,34)(H,36,37)(H2,22,23,35). The Balaban J connectivity index is 1.79. The maximum Gasteiger partial charge on any atom is 0.475 e. The summed E-state index contributed by atoms with van der Waals surface area (Å²) in [5.41, 5.74) is 9.68. The number of aliphatic carboxylic acids is 1. The highest BCUT2D eigenvalue weighted by atomic mass is 31.2. The van der Waals surface area contributed by atoms with Gasteiger partial charge in [-0.1, -0.05) is 0 Å². The number of carbonyl (C=O) groups excluding carboxylic acids is 1. The Hall–Kier alpha value is -2.63. The van der Waals surface area contributed by atoms with Crippen LogP contribution in [0.25, 0.3) is 0 Å². The van der Waals surface area contributed by atoms with Gasteiger partial charge in [-0.15, -0.1) is 0 Å². The second-order valence-corrected chi connectivity index (χ2v) is 10.8. The smallest absolute Gasteiger partial charge is 0.475 e. The lowest BCUT2D eigenvalue weighted by Gasteiger charge is -2.46. The molecule has 21 nitrogen and oxygen atoms in total. The Morgan fingerprint density at radius 1 is 1.29 bits per heavy atom. The first-order valence-corrected chi connectivity index (χ1v) is 13.7. The zero-order valence-electron chi connectivity index (χ0n) is 21.5. The van der Waals surface area contributed by atoms with Crippen LogP contribution in [0.15, 0.2) is 17.1 Å². The summed E-state index contributed by atoms with van der Waals surface area (Å²) in [5, 5.41) is 72.8. The molecule has 2 aliphatic heterocycles. The third kappa shape index (κ3) is 7.29. The minimum absolute atomic E-state index is 0.140. The predicted octanol–water partition coefficient (Wildman–Crippen LogP) is -6.33. The van der Waals surface area contributed by atoms with Crippen molar-refractivity contribution >= 4 is 25.5 Å². The van der Waals surface area contributed by atoms with Crippen molar-refractivity contribution in [2.24, 2.45) is 5.73 Å². The number of nitrogen functional groups attached to an aromatic ring is 1. The molecule has 11 unspecified atom stereocenters. The lowest BCUT2D eigenvalue weighted by molar-refractivity contribution is -0.289. The second-order valence-electron chi connectivity index (χ2n) is 9.39. The molecular formula is C20H32N5O16P. The van der Waals surface area contributed by atoms with Gasteiger partial charge in [0, 0.05) is 12.6 Å². The number of ether oxygens (including phenoxy) is 2. The largest absolute Gasteiger partial charge is 0.477 e. The minimum Gasteiger partial charge on any atom is -0.477 e. The van der Waals surface area contributed by atoms with Gasteiger partial charge < -0.3 is 66.9 Å². The Morgan fingerprint density at radius 2 is 1.95 bits per heavy atom. The first-order valence-electron chi connectivity index (χ1n) is 12.2. The second kappa shape index (κ2) is 13.3. The van der Waals surface area contributed by atoms with Crippen molar-refractivity contribution in [3.05, 3.63) is 22.7 Å². The van der Waals surface area contributed by atoms with Crippen LogP contribution < -0.4 is 22.5 Å². The van der Waals surface area contributed by atoms with Crippen molar-refractivity contribution < 1.29 is 73.3 Å². The van der Waals surface area contributed by atoms with E-state index in [4.69, 9.17) is 30.0 Å². The van der Waals surface area contributed by atoms with Crippen molar-refractivity contribution in [2.45, 2.75) is 67.2 Å². The molecule has 0 spiro atoms. The van der Waals surface area contributed by atoms with Crippen LogP contribution in [0.3, 0.4) is 0 Å². The highest BCUT2D eigenvalue weighted by Gasteiger charge is 2.59. The van der Waals surface area contributed by atoms with E-state index in [2.05, 4.69) is 10.3 Å². The molecule has 42 heavy (non-hydrogen) atoms. The average molecular weight is 629 g/mol. The summed E-state index contributed by atoms with van der Waals surface area (Å²) in [4.78, 5) is 49.9. The molecule has 2 aliphatic rings. The van der Waals surface area contributed by atoms with Crippen molar-refractivity contribution in [3.63, 3.8) is 0 Å². The van der Waals surface area contributed by atoms with E-state index in [1.165, 1.54) is 6.07 Å². The van der Waals surface area contributed by atoms with E-state index < -0.39 is 112 Å². The van der Waals surface area contributed by atoms with E-state index >= 15 is 0 Å². The van der Waals surface area contributed by atoms with E-state index in [0.717, 1.165) is 10.8 Å². The fraction of sp³-hybridized carbons (Fsp3) is 0.700. The molecule has 11 atom stereocenters. The molecule has 3 rings (SSSR count). The van der Waals surface area contributed by atoms with Gasteiger partial charge in [0.25, 0.3) is 5.79 Å². The lowest BCUT2D eigenvalue weighted by Crippen LogP contribution is -2.68. The lowest BCUT2D eigenvalue weighted by atomic mass is 9.88. The van der Waals surface area contributed by atoms with E-state index in [9.17, 15) is 59.6 Å². The molecule has 1 amide bonds. The molecule has 0 saturated carbocycles. The van der Waals surface area contributed by atoms with E-state index in [1.807, 2.05) is 0 Å². The van der Waals surface area contributed by atoms with Crippen LogP contribution in [0.4, 0.5) is 5.82 Å². The monoisotopic (exact) mass is 629 g/mol. The number of hydrogen-bond donors (Lipinski definition) is 11. The van der Waals surface area contributed by atoms with Crippen LogP contribution in [-0.2, 0) is 32.7 Å². The molecule has 1 aromatic rings. The molecule has 238 valence electrons. The number of nitrogens with one attached hydrogen (secondary N) is 1. The molecule has 0 aliphatic carbocycles. The van der Waals surface area contributed by atoms with Crippen LogP contribution >= 0.6 is 7.82 Å². The van der Waals surface area contributed by atoms with Gasteiger partial charge in [0.2, 0.25) is 5.91 Å². The third-order valence-electron chi connectivity index (χ3n) is 6.46. The van der Waals surface area contributed by atoms with Gasteiger partial charge in [0.1, 0.15) is 42.4 Å². The van der Waals surface area contributed by atoms with Crippen molar-refractivity contribution in [1.29, 1.82) is 0 Å². The minimum atomic E-state index is -5.54. The zero-order valence-corrected chi connectivity index (χ0v) is 22.4. The number of amides is 1. The summed E-state index contributed by atoms with van der Waals surface area (Å²) < 4.78 is 33.7. The number of aromatic nitrogens is 2. The topological polar surface area (TPSA) is 349 Å². The number of phosphoric acid groups is 1. The van der Waals surface area contributed by atoms with Crippen molar-refractivity contribution in [2.75, 3.05) is 25.5 Å². The van der Waals surface area contributed by atoms with Crippen molar-refractivity contribution in [3.8, 4) is 0 Å². The number of carboxylic acid groups (broad SMARTS) is 1. The number of anilines is 1. The molecule has 2 saturated heterocycles. The molecule has 1 aromatic heterocycles. The number of hydrogen-bond acceptors (Lipinski definition) is 17. The highest BCUT2D eigenvalue weighted by Crippen LogP contribution is 2.51. The van der Waals surface area contributed by atoms with Crippen molar-refractivity contribution in [1.82, 2.24) is 14.9 Å². The number of nitrogens with zero attached hydrogens (tertiary/aromatic N) is 2. The first-order chi connectivity index (χ1) is 19.6. The normalized spacial score (nSPS) is 34.3. The number of aliphatic hydroxyl groups excluding tert-OH is 6. The number of nitrogens with two attached hydrogens (primary N) is 2. The SMILES string of the molecule is NCC(=O)NC1C(O)CC(OP(=O)(O)OCC2OC(n3ccc(N)nc3=O)C(O)C2O)(C(=O)O)OC1C(O)C(O)CO. The molecule has 0 bridgehead atoms. The maximum atomic E-state index is 12.8. The van der Waals surface area contributed by atoms with Crippen LogP contribution in [0, 0.1) is 0 Å². The number of phosphoric ester groups is 1. The van der Waals surface area contributed by atoms with Gasteiger partial charge in [-0.05, 0) is 6.07 Å². The van der Waals surface area contributed by atoms with Gasteiger partial charge in [0.15, 0.2) is 6.23 Å². The molecule has 13 N–H and O–H groups in total. The Bertz CT molecular complexity index is 1240. The van der Waals surface area contributed by atoms with Crippen LogP contribution in [0.2, 0.25) is 0 Å². The summed E-state index contributed by atoms with van der Waals surface area (Å²) in [6, 6.07) is -0.442. The Kier molecular flexibility index (Phi) is 10.8. The number of carbonyl (C=O) groups is 2.